The minimum absolute atomic E-state index is 0.210. The van der Waals surface area contributed by atoms with E-state index in [-0.39, 0.29) is 19.1 Å². The van der Waals surface area contributed by atoms with Crippen molar-refractivity contribution in [2.45, 2.75) is 76.9 Å². The van der Waals surface area contributed by atoms with E-state index in [0.717, 1.165) is 38.5 Å². The van der Waals surface area contributed by atoms with Crippen molar-refractivity contribution in [1.29, 1.82) is 0 Å². The molecule has 9 nitrogen and oxygen atoms in total. The Morgan fingerprint density at radius 1 is 1.00 bits per heavy atom. The van der Waals surface area contributed by atoms with Crippen molar-refractivity contribution in [3.8, 4) is 0 Å². The molecular formula is C21H37O9P. The fourth-order valence-electron chi connectivity index (χ4n) is 2.45. The molecule has 0 spiro atoms. The van der Waals surface area contributed by atoms with Crippen LogP contribution in [0.15, 0.2) is 36.5 Å². The molecule has 0 rings (SSSR count). The third-order valence-corrected chi connectivity index (χ3v) is 4.55. The first-order valence-corrected chi connectivity index (χ1v) is 12.1. The summed E-state index contributed by atoms with van der Waals surface area (Å²) in [6, 6.07) is 0. The van der Waals surface area contributed by atoms with Gasteiger partial charge >= 0.3 is 13.8 Å². The van der Waals surface area contributed by atoms with Crippen LogP contribution in [-0.2, 0) is 23.5 Å². The standard InChI is InChI=1S/C21H37O9P/c1-2-3-4-5-8-11-14-20(30-24)15-12-9-6-7-10-13-16-21(23)28-17-19(22)18-29-31(25,26)27/h3-4,8,11-12,15,19-20,22,24H,2,5-7,9-10,13-14,16-18H2,1H3,(H2,25,26,27)/t19-,20?/m0/s1. The number of aliphatic hydroxyl groups is 1. The van der Waals surface area contributed by atoms with Crippen molar-refractivity contribution in [2.24, 2.45) is 0 Å². The molecule has 0 radical (unpaired) electrons. The molecule has 0 aliphatic heterocycles. The van der Waals surface area contributed by atoms with E-state index < -0.39 is 26.5 Å². The van der Waals surface area contributed by atoms with Gasteiger partial charge < -0.3 is 19.6 Å². The fraction of sp³-hybridized carbons (Fsp3) is 0.667. The van der Waals surface area contributed by atoms with Crippen molar-refractivity contribution >= 4 is 13.8 Å². The molecule has 0 aromatic rings. The molecule has 0 fully saturated rings. The van der Waals surface area contributed by atoms with E-state index in [1.165, 1.54) is 0 Å². The van der Waals surface area contributed by atoms with Crippen LogP contribution in [0.3, 0.4) is 0 Å². The second kappa shape index (κ2) is 19.4. The summed E-state index contributed by atoms with van der Waals surface area (Å²) in [7, 11) is -4.65. The predicted octanol–water partition coefficient (Wildman–Crippen LogP) is 4.06. The van der Waals surface area contributed by atoms with Crippen LogP contribution in [0.5, 0.6) is 0 Å². The van der Waals surface area contributed by atoms with Gasteiger partial charge in [0.2, 0.25) is 0 Å². The molecule has 0 heterocycles. The summed E-state index contributed by atoms with van der Waals surface area (Å²) in [5.41, 5.74) is 0. The van der Waals surface area contributed by atoms with Crippen molar-refractivity contribution < 1.29 is 43.7 Å². The maximum atomic E-state index is 11.6. The molecule has 0 amide bonds. The molecule has 0 aliphatic carbocycles. The maximum Gasteiger partial charge on any atom is 0.469 e. The number of esters is 1. The normalized spacial score (nSPS) is 14.6. The molecule has 10 heteroatoms. The van der Waals surface area contributed by atoms with Crippen LogP contribution < -0.4 is 0 Å². The maximum absolute atomic E-state index is 11.6. The molecule has 4 N–H and O–H groups in total. The topological polar surface area (TPSA) is 143 Å². The van der Waals surface area contributed by atoms with E-state index in [9.17, 15) is 14.5 Å². The summed E-state index contributed by atoms with van der Waals surface area (Å²) in [5.74, 6) is -0.476. The van der Waals surface area contributed by atoms with Gasteiger partial charge in [-0.1, -0.05) is 56.2 Å². The predicted molar refractivity (Wildman–Crippen MR) is 117 cm³/mol. The summed E-state index contributed by atoms with van der Waals surface area (Å²) in [5, 5.41) is 18.4. The first-order valence-electron chi connectivity index (χ1n) is 10.6. The molecule has 0 saturated heterocycles. The number of hydrogen-bond acceptors (Lipinski definition) is 7. The number of carbonyl (C=O) groups is 1. The first-order chi connectivity index (χ1) is 14.8. The lowest BCUT2D eigenvalue weighted by atomic mass is 10.1. The average Bonchev–Trinajstić information content (AvgIpc) is 2.72. The van der Waals surface area contributed by atoms with E-state index in [0.29, 0.717) is 12.8 Å². The number of ether oxygens (including phenoxy) is 1. The van der Waals surface area contributed by atoms with Gasteiger partial charge in [-0.05, 0) is 38.5 Å². The first kappa shape index (κ1) is 29.7. The Morgan fingerprint density at radius 2 is 1.71 bits per heavy atom. The Balaban J connectivity index is 3.72. The number of allylic oxidation sites excluding steroid dienone is 4. The van der Waals surface area contributed by atoms with Crippen molar-refractivity contribution in [3.05, 3.63) is 36.5 Å². The van der Waals surface area contributed by atoms with E-state index in [4.69, 9.17) is 19.8 Å². The van der Waals surface area contributed by atoms with E-state index in [2.05, 4.69) is 28.5 Å². The van der Waals surface area contributed by atoms with Gasteiger partial charge in [-0.25, -0.2) is 9.45 Å². The fourth-order valence-corrected chi connectivity index (χ4v) is 2.82. The minimum Gasteiger partial charge on any atom is -0.463 e. The van der Waals surface area contributed by atoms with Crippen molar-refractivity contribution in [1.82, 2.24) is 0 Å². The van der Waals surface area contributed by atoms with Crippen molar-refractivity contribution in [2.75, 3.05) is 13.2 Å². The van der Waals surface area contributed by atoms with Crippen LogP contribution >= 0.6 is 7.82 Å². The number of hydrogen-bond donors (Lipinski definition) is 4. The number of carbonyl (C=O) groups excluding carboxylic acids is 1. The minimum atomic E-state index is -4.65. The summed E-state index contributed by atoms with van der Waals surface area (Å²) in [6.07, 6.45) is 17.3. The number of unbranched alkanes of at least 4 members (excludes halogenated alkanes) is 4. The molecular weight excluding hydrogens is 427 g/mol. The van der Waals surface area contributed by atoms with Crippen LogP contribution in [-0.4, -0.2) is 51.5 Å². The van der Waals surface area contributed by atoms with Gasteiger partial charge in [0.25, 0.3) is 0 Å². The zero-order valence-electron chi connectivity index (χ0n) is 18.2. The lowest BCUT2D eigenvalue weighted by Crippen LogP contribution is -2.23. The Morgan fingerprint density at radius 3 is 2.39 bits per heavy atom. The molecule has 1 unspecified atom stereocenters. The molecule has 0 aromatic heterocycles. The zero-order valence-corrected chi connectivity index (χ0v) is 19.1. The van der Waals surface area contributed by atoms with Gasteiger partial charge in [-0.15, -0.1) is 0 Å². The van der Waals surface area contributed by atoms with Crippen molar-refractivity contribution in [3.63, 3.8) is 0 Å². The van der Waals surface area contributed by atoms with Crippen LogP contribution in [0.2, 0.25) is 0 Å². The Bertz CT molecular complexity index is 583. The molecule has 180 valence electrons. The number of aliphatic hydroxyl groups excluding tert-OH is 1. The monoisotopic (exact) mass is 464 g/mol. The second-order valence-electron chi connectivity index (χ2n) is 6.97. The quantitative estimate of drug-likeness (QED) is 0.0556. The van der Waals surface area contributed by atoms with Gasteiger partial charge in [-0.3, -0.25) is 14.6 Å². The Kier molecular flexibility index (Phi) is 18.5. The summed E-state index contributed by atoms with van der Waals surface area (Å²) < 4.78 is 19.5. The van der Waals surface area contributed by atoms with E-state index in [1.54, 1.807) is 0 Å². The highest BCUT2D eigenvalue weighted by Crippen LogP contribution is 2.35. The van der Waals surface area contributed by atoms with Gasteiger partial charge in [-0.2, -0.15) is 0 Å². The molecule has 0 bridgehead atoms. The lowest BCUT2D eigenvalue weighted by Gasteiger charge is -2.12. The summed E-state index contributed by atoms with van der Waals surface area (Å²) >= 11 is 0. The summed E-state index contributed by atoms with van der Waals surface area (Å²) in [4.78, 5) is 33.0. The van der Waals surface area contributed by atoms with Crippen LogP contribution in [0, 0.1) is 0 Å². The highest BCUT2D eigenvalue weighted by molar-refractivity contribution is 7.46. The van der Waals surface area contributed by atoms with Crippen LogP contribution in [0.4, 0.5) is 0 Å². The zero-order chi connectivity index (χ0) is 23.4. The lowest BCUT2D eigenvalue weighted by molar-refractivity contribution is -0.264. The van der Waals surface area contributed by atoms with E-state index >= 15 is 0 Å². The van der Waals surface area contributed by atoms with Gasteiger partial charge in [0.1, 0.15) is 18.8 Å². The van der Waals surface area contributed by atoms with Crippen LogP contribution in [0.25, 0.3) is 0 Å². The largest absolute Gasteiger partial charge is 0.469 e. The van der Waals surface area contributed by atoms with E-state index in [1.807, 2.05) is 24.3 Å². The molecule has 2 atom stereocenters. The molecule has 0 aliphatic rings. The van der Waals surface area contributed by atoms with Crippen LogP contribution in [0.1, 0.15) is 64.7 Å². The average molecular weight is 464 g/mol. The van der Waals surface area contributed by atoms with Gasteiger partial charge in [0, 0.05) is 6.42 Å². The highest BCUT2D eigenvalue weighted by atomic mass is 31.2. The Labute approximate surface area is 184 Å². The summed E-state index contributed by atoms with van der Waals surface area (Å²) in [6.45, 7) is 1.10. The number of phosphoric acid groups is 1. The third-order valence-electron chi connectivity index (χ3n) is 4.07. The molecule has 0 saturated carbocycles. The second-order valence-corrected chi connectivity index (χ2v) is 8.21. The third kappa shape index (κ3) is 21.7. The van der Waals surface area contributed by atoms with Gasteiger partial charge in [0.15, 0.2) is 0 Å². The number of phosphoric ester groups is 1. The van der Waals surface area contributed by atoms with Gasteiger partial charge in [0.05, 0.1) is 6.61 Å². The Hall–Kier alpha value is -1.32. The number of rotatable bonds is 19. The highest BCUT2D eigenvalue weighted by Gasteiger charge is 2.17. The smallest absolute Gasteiger partial charge is 0.463 e. The molecule has 31 heavy (non-hydrogen) atoms. The molecule has 0 aromatic carbocycles. The SMILES string of the molecule is CCC=CCC=CCC(C=CCCCCCCC(=O)OC[C@H](O)COP(=O)(O)O)OO.